The SMILES string of the molecule is Cc1cccc2c(=O)n(CCC(=O)N3CCC(Cc4ccccc4)CC3)cnc12. The Bertz CT molecular complexity index is 1050. The molecule has 1 amide bonds. The molecule has 0 aliphatic carbocycles. The number of hydrogen-bond donors (Lipinski definition) is 0. The maximum absolute atomic E-state index is 12.7. The highest BCUT2D eigenvalue weighted by Crippen LogP contribution is 2.22. The molecule has 150 valence electrons. The van der Waals surface area contributed by atoms with Gasteiger partial charge < -0.3 is 4.90 Å². The van der Waals surface area contributed by atoms with Crippen molar-refractivity contribution in [2.24, 2.45) is 5.92 Å². The van der Waals surface area contributed by atoms with Crippen LogP contribution in [0.15, 0.2) is 59.7 Å². The third kappa shape index (κ3) is 4.39. The normalized spacial score (nSPS) is 15.0. The van der Waals surface area contributed by atoms with Crippen LogP contribution < -0.4 is 5.56 Å². The van der Waals surface area contributed by atoms with Crippen LogP contribution in [0.25, 0.3) is 10.9 Å². The summed E-state index contributed by atoms with van der Waals surface area (Å²) in [5.41, 5.74) is 3.02. The standard InChI is InChI=1S/C24H27N3O2/c1-18-6-5-9-21-23(18)25-17-27(24(21)29)15-12-22(28)26-13-10-20(11-14-26)16-19-7-3-2-4-8-19/h2-9,17,20H,10-16H2,1H3. The van der Waals surface area contributed by atoms with Gasteiger partial charge in [-0.2, -0.15) is 0 Å². The lowest BCUT2D eigenvalue weighted by Crippen LogP contribution is -2.39. The summed E-state index contributed by atoms with van der Waals surface area (Å²) in [5.74, 6) is 0.761. The number of nitrogens with zero attached hydrogens (tertiary/aromatic N) is 3. The third-order valence-electron chi connectivity index (χ3n) is 5.96. The number of hydrogen-bond acceptors (Lipinski definition) is 3. The highest BCUT2D eigenvalue weighted by molar-refractivity contribution is 5.80. The van der Waals surface area contributed by atoms with Crippen molar-refractivity contribution in [1.29, 1.82) is 0 Å². The minimum absolute atomic E-state index is 0.0759. The van der Waals surface area contributed by atoms with Gasteiger partial charge in [-0.3, -0.25) is 14.2 Å². The fourth-order valence-electron chi connectivity index (χ4n) is 4.20. The number of amides is 1. The number of para-hydroxylation sites is 1. The number of aromatic nitrogens is 2. The van der Waals surface area contributed by atoms with Crippen molar-refractivity contribution >= 4 is 16.8 Å². The molecule has 2 heterocycles. The Balaban J connectivity index is 1.32. The van der Waals surface area contributed by atoms with Crippen molar-refractivity contribution in [2.75, 3.05) is 13.1 Å². The second kappa shape index (κ2) is 8.60. The van der Waals surface area contributed by atoms with E-state index in [1.54, 1.807) is 17.0 Å². The first-order valence-electron chi connectivity index (χ1n) is 10.4. The van der Waals surface area contributed by atoms with Crippen LogP contribution in [-0.4, -0.2) is 33.4 Å². The Morgan fingerprint density at radius 3 is 2.59 bits per heavy atom. The predicted octanol–water partition coefficient (Wildman–Crippen LogP) is 3.58. The molecule has 1 fully saturated rings. The van der Waals surface area contributed by atoms with Gasteiger partial charge in [-0.25, -0.2) is 4.98 Å². The molecule has 2 aromatic carbocycles. The Hall–Kier alpha value is -2.95. The number of carbonyl (C=O) groups excluding carboxylic acids is 1. The average molecular weight is 389 g/mol. The zero-order valence-corrected chi connectivity index (χ0v) is 16.9. The van der Waals surface area contributed by atoms with Gasteiger partial charge in [-0.05, 0) is 49.3 Å². The van der Waals surface area contributed by atoms with Gasteiger partial charge in [0, 0.05) is 26.1 Å². The van der Waals surface area contributed by atoms with Crippen molar-refractivity contribution in [1.82, 2.24) is 14.5 Å². The van der Waals surface area contributed by atoms with Gasteiger partial charge in [-0.15, -0.1) is 0 Å². The van der Waals surface area contributed by atoms with E-state index in [9.17, 15) is 9.59 Å². The third-order valence-corrected chi connectivity index (χ3v) is 5.96. The molecule has 29 heavy (non-hydrogen) atoms. The van der Waals surface area contributed by atoms with E-state index in [1.807, 2.05) is 30.0 Å². The topological polar surface area (TPSA) is 55.2 Å². The van der Waals surface area contributed by atoms with Crippen molar-refractivity contribution < 1.29 is 4.79 Å². The van der Waals surface area contributed by atoms with Crippen LogP contribution in [0, 0.1) is 12.8 Å². The lowest BCUT2D eigenvalue weighted by Gasteiger charge is -2.32. The van der Waals surface area contributed by atoms with Gasteiger partial charge in [0.1, 0.15) is 0 Å². The van der Waals surface area contributed by atoms with Crippen molar-refractivity contribution in [2.45, 2.75) is 39.2 Å². The van der Waals surface area contributed by atoms with Gasteiger partial charge in [0.25, 0.3) is 5.56 Å². The average Bonchev–Trinajstić information content (AvgIpc) is 2.75. The first-order chi connectivity index (χ1) is 14.1. The second-order valence-corrected chi connectivity index (χ2v) is 7.98. The van der Waals surface area contributed by atoms with Crippen LogP contribution in [0.3, 0.4) is 0 Å². The fourth-order valence-corrected chi connectivity index (χ4v) is 4.20. The molecule has 0 atom stereocenters. The quantitative estimate of drug-likeness (QED) is 0.670. The lowest BCUT2D eigenvalue weighted by atomic mass is 9.90. The largest absolute Gasteiger partial charge is 0.343 e. The Labute approximate surface area is 171 Å². The molecule has 1 aromatic heterocycles. The highest BCUT2D eigenvalue weighted by Gasteiger charge is 2.22. The monoisotopic (exact) mass is 389 g/mol. The maximum Gasteiger partial charge on any atom is 0.261 e. The lowest BCUT2D eigenvalue weighted by molar-refractivity contribution is -0.132. The van der Waals surface area contributed by atoms with Crippen molar-refractivity contribution in [3.63, 3.8) is 0 Å². The van der Waals surface area contributed by atoms with E-state index in [0.29, 0.717) is 24.3 Å². The van der Waals surface area contributed by atoms with E-state index in [4.69, 9.17) is 0 Å². The summed E-state index contributed by atoms with van der Waals surface area (Å²) < 4.78 is 1.56. The summed E-state index contributed by atoms with van der Waals surface area (Å²) in [4.78, 5) is 31.7. The van der Waals surface area contributed by atoms with E-state index < -0.39 is 0 Å². The minimum Gasteiger partial charge on any atom is -0.343 e. The first kappa shape index (κ1) is 19.4. The number of carbonyl (C=O) groups is 1. The molecule has 0 saturated carbocycles. The van der Waals surface area contributed by atoms with E-state index in [-0.39, 0.29) is 11.5 Å². The second-order valence-electron chi connectivity index (χ2n) is 7.98. The summed E-state index contributed by atoms with van der Waals surface area (Å²) in [6.07, 6.45) is 5.06. The van der Waals surface area contributed by atoms with Crippen LogP contribution in [0.4, 0.5) is 0 Å². The van der Waals surface area contributed by atoms with E-state index in [0.717, 1.165) is 43.4 Å². The summed E-state index contributed by atoms with van der Waals surface area (Å²) in [5, 5.41) is 0.613. The fraction of sp³-hybridized carbons (Fsp3) is 0.375. The molecule has 1 aliphatic rings. The molecule has 4 rings (SSSR count). The molecule has 3 aromatic rings. The molecule has 0 unspecified atom stereocenters. The van der Waals surface area contributed by atoms with Crippen molar-refractivity contribution in [3.05, 3.63) is 76.3 Å². The van der Waals surface area contributed by atoms with Crippen LogP contribution in [0.2, 0.25) is 0 Å². The number of benzene rings is 2. The molecule has 0 radical (unpaired) electrons. The molecule has 0 spiro atoms. The minimum atomic E-state index is -0.0759. The van der Waals surface area contributed by atoms with Gasteiger partial charge in [0.2, 0.25) is 5.91 Å². The molecule has 0 bridgehead atoms. The van der Waals surface area contributed by atoms with Crippen LogP contribution in [-0.2, 0) is 17.8 Å². The smallest absolute Gasteiger partial charge is 0.261 e. The summed E-state index contributed by atoms with van der Waals surface area (Å²) >= 11 is 0. The Kier molecular flexibility index (Phi) is 5.74. The number of piperidine rings is 1. The number of fused-ring (bicyclic) bond motifs is 1. The van der Waals surface area contributed by atoms with Crippen molar-refractivity contribution in [3.8, 4) is 0 Å². The van der Waals surface area contributed by atoms with E-state index >= 15 is 0 Å². The Morgan fingerprint density at radius 2 is 1.83 bits per heavy atom. The molecule has 5 nitrogen and oxygen atoms in total. The van der Waals surface area contributed by atoms with Crippen LogP contribution >= 0.6 is 0 Å². The summed E-state index contributed by atoms with van der Waals surface area (Å²) in [6, 6.07) is 16.2. The van der Waals surface area contributed by atoms with Crippen LogP contribution in [0.1, 0.15) is 30.4 Å². The Morgan fingerprint density at radius 1 is 1.07 bits per heavy atom. The molecular formula is C24H27N3O2. The van der Waals surface area contributed by atoms with Gasteiger partial charge in [0.15, 0.2) is 0 Å². The molecule has 1 aliphatic heterocycles. The molecule has 1 saturated heterocycles. The van der Waals surface area contributed by atoms with E-state index in [1.165, 1.54) is 5.56 Å². The predicted molar refractivity (Wildman–Crippen MR) is 115 cm³/mol. The van der Waals surface area contributed by atoms with Gasteiger partial charge in [-0.1, -0.05) is 42.5 Å². The molecular weight excluding hydrogens is 362 g/mol. The maximum atomic E-state index is 12.7. The highest BCUT2D eigenvalue weighted by atomic mass is 16.2. The first-order valence-corrected chi connectivity index (χ1v) is 10.4. The molecule has 0 N–H and O–H groups in total. The number of likely N-dealkylation sites (tertiary alicyclic amines) is 1. The molecule has 5 heteroatoms. The summed E-state index contributed by atoms with van der Waals surface area (Å²) in [6.45, 7) is 3.93. The van der Waals surface area contributed by atoms with Crippen LogP contribution in [0.5, 0.6) is 0 Å². The summed E-state index contributed by atoms with van der Waals surface area (Å²) in [7, 11) is 0. The van der Waals surface area contributed by atoms with Gasteiger partial charge in [0.05, 0.1) is 17.2 Å². The number of aryl methyl sites for hydroxylation is 2. The van der Waals surface area contributed by atoms with Gasteiger partial charge >= 0.3 is 0 Å². The number of rotatable bonds is 5. The van der Waals surface area contributed by atoms with E-state index in [2.05, 4.69) is 29.2 Å². The zero-order valence-electron chi connectivity index (χ0n) is 16.9. The zero-order chi connectivity index (χ0) is 20.2.